The van der Waals surface area contributed by atoms with Crippen molar-refractivity contribution in [3.8, 4) is 0 Å². The van der Waals surface area contributed by atoms with E-state index in [2.05, 4.69) is 19.3 Å². The van der Waals surface area contributed by atoms with Crippen LogP contribution in [0.2, 0.25) is 0 Å². The van der Waals surface area contributed by atoms with Gasteiger partial charge in [-0.2, -0.15) is 11.8 Å². The van der Waals surface area contributed by atoms with E-state index in [9.17, 15) is 0 Å². The van der Waals surface area contributed by atoms with Gasteiger partial charge in [0.2, 0.25) is 0 Å². The standard InChI is InChI=1S/C14H28N2O2S/c1-10(2)13(17-3)12(16-15)11-4-6-18-14(8-11)5-7-19-9-14/h10-13,16H,4-9,15H2,1-3H3. The van der Waals surface area contributed by atoms with Crippen LogP contribution in [-0.2, 0) is 9.47 Å². The lowest BCUT2D eigenvalue weighted by Crippen LogP contribution is -2.55. The molecule has 2 heterocycles. The molecule has 4 unspecified atom stereocenters. The van der Waals surface area contributed by atoms with Crippen LogP contribution in [0.3, 0.4) is 0 Å². The summed E-state index contributed by atoms with van der Waals surface area (Å²) in [7, 11) is 1.79. The van der Waals surface area contributed by atoms with Crippen LogP contribution >= 0.6 is 11.8 Å². The average Bonchev–Trinajstić information content (AvgIpc) is 2.83. The Bertz CT molecular complexity index is 283. The predicted octanol–water partition coefficient (Wildman–Crippen LogP) is 1.79. The van der Waals surface area contributed by atoms with Gasteiger partial charge >= 0.3 is 0 Å². The molecule has 0 aromatic heterocycles. The molecule has 4 nitrogen and oxygen atoms in total. The van der Waals surface area contributed by atoms with Gasteiger partial charge in [0, 0.05) is 19.5 Å². The first-order valence-electron chi connectivity index (χ1n) is 7.32. The molecular weight excluding hydrogens is 260 g/mol. The van der Waals surface area contributed by atoms with Crippen LogP contribution in [0.5, 0.6) is 0 Å². The summed E-state index contributed by atoms with van der Waals surface area (Å²) in [6.45, 7) is 5.25. The highest BCUT2D eigenvalue weighted by molar-refractivity contribution is 7.99. The number of ether oxygens (including phenoxy) is 2. The quantitative estimate of drug-likeness (QED) is 0.597. The molecule has 2 aliphatic rings. The highest BCUT2D eigenvalue weighted by atomic mass is 32.2. The summed E-state index contributed by atoms with van der Waals surface area (Å²) in [5, 5.41) is 0. The molecule has 0 bridgehead atoms. The summed E-state index contributed by atoms with van der Waals surface area (Å²) in [4.78, 5) is 0. The molecule has 3 N–H and O–H groups in total. The maximum Gasteiger partial charge on any atom is 0.0783 e. The minimum Gasteiger partial charge on any atom is -0.380 e. The first kappa shape index (κ1) is 15.6. The minimum atomic E-state index is 0.109. The van der Waals surface area contributed by atoms with E-state index in [0.29, 0.717) is 11.8 Å². The van der Waals surface area contributed by atoms with Gasteiger partial charge in [0.15, 0.2) is 0 Å². The molecule has 0 saturated carbocycles. The van der Waals surface area contributed by atoms with Gasteiger partial charge in [-0.15, -0.1) is 0 Å². The highest BCUT2D eigenvalue weighted by Crippen LogP contribution is 2.42. The van der Waals surface area contributed by atoms with Crippen molar-refractivity contribution >= 4 is 11.8 Å². The zero-order valence-electron chi connectivity index (χ0n) is 12.4. The largest absolute Gasteiger partial charge is 0.380 e. The average molecular weight is 288 g/mol. The molecule has 1 spiro atoms. The Labute approximate surface area is 121 Å². The van der Waals surface area contributed by atoms with Crippen molar-refractivity contribution in [3.05, 3.63) is 0 Å². The summed E-state index contributed by atoms with van der Waals surface area (Å²) in [6.07, 6.45) is 3.54. The molecule has 2 saturated heterocycles. The number of nitrogens with one attached hydrogen (secondary N) is 1. The number of thioether (sulfide) groups is 1. The van der Waals surface area contributed by atoms with E-state index < -0.39 is 0 Å². The molecule has 0 aromatic carbocycles. The summed E-state index contributed by atoms with van der Waals surface area (Å²) in [5.41, 5.74) is 3.13. The first-order valence-corrected chi connectivity index (χ1v) is 8.48. The molecule has 4 atom stereocenters. The molecule has 0 aliphatic carbocycles. The predicted molar refractivity (Wildman–Crippen MR) is 80.1 cm³/mol. The molecular formula is C14H28N2O2S. The minimum absolute atomic E-state index is 0.109. The van der Waals surface area contributed by atoms with Crippen LogP contribution in [0.15, 0.2) is 0 Å². The Morgan fingerprint density at radius 3 is 2.79 bits per heavy atom. The molecule has 2 fully saturated rings. The van der Waals surface area contributed by atoms with E-state index in [0.717, 1.165) is 25.2 Å². The van der Waals surface area contributed by atoms with E-state index >= 15 is 0 Å². The second kappa shape index (κ2) is 6.76. The Hall–Kier alpha value is 0.190. The maximum absolute atomic E-state index is 6.09. The van der Waals surface area contributed by atoms with E-state index in [1.165, 1.54) is 12.2 Å². The van der Waals surface area contributed by atoms with Gasteiger partial charge in [-0.3, -0.25) is 11.3 Å². The molecule has 19 heavy (non-hydrogen) atoms. The fourth-order valence-corrected chi connectivity index (χ4v) is 4.95. The third-order valence-electron chi connectivity index (χ3n) is 4.58. The second-order valence-corrected chi connectivity index (χ2v) is 7.33. The number of hydrogen-bond acceptors (Lipinski definition) is 5. The molecule has 0 radical (unpaired) electrons. The maximum atomic E-state index is 6.09. The second-order valence-electron chi connectivity index (χ2n) is 6.22. The summed E-state index contributed by atoms with van der Waals surface area (Å²) in [5.74, 6) is 9.20. The lowest BCUT2D eigenvalue weighted by Gasteiger charge is -2.43. The van der Waals surface area contributed by atoms with Crippen molar-refractivity contribution in [2.75, 3.05) is 25.2 Å². The smallest absolute Gasteiger partial charge is 0.0783 e. The molecule has 2 rings (SSSR count). The van der Waals surface area contributed by atoms with Crippen LogP contribution in [0.25, 0.3) is 0 Å². The first-order chi connectivity index (χ1) is 9.12. The molecule has 2 aliphatic heterocycles. The molecule has 0 aromatic rings. The van der Waals surface area contributed by atoms with Crippen molar-refractivity contribution < 1.29 is 9.47 Å². The zero-order valence-corrected chi connectivity index (χ0v) is 13.2. The van der Waals surface area contributed by atoms with E-state index in [4.69, 9.17) is 15.3 Å². The van der Waals surface area contributed by atoms with Gasteiger partial charge < -0.3 is 9.47 Å². The Morgan fingerprint density at radius 1 is 1.47 bits per heavy atom. The number of methoxy groups -OCH3 is 1. The van der Waals surface area contributed by atoms with E-state index in [1.54, 1.807) is 7.11 Å². The fraction of sp³-hybridized carbons (Fsp3) is 1.00. The third-order valence-corrected chi connectivity index (χ3v) is 5.80. The van der Waals surface area contributed by atoms with Crippen LogP contribution < -0.4 is 11.3 Å². The Balaban J connectivity index is 2.05. The van der Waals surface area contributed by atoms with Crippen LogP contribution in [0.4, 0.5) is 0 Å². The van der Waals surface area contributed by atoms with Crippen molar-refractivity contribution in [3.63, 3.8) is 0 Å². The van der Waals surface area contributed by atoms with Crippen molar-refractivity contribution in [1.82, 2.24) is 5.43 Å². The SMILES string of the molecule is COC(C(C)C)C(NN)C1CCOC2(CCSC2)C1. The number of hydrazine groups is 1. The lowest BCUT2D eigenvalue weighted by atomic mass is 9.78. The number of hydrogen-bond donors (Lipinski definition) is 2. The number of rotatable bonds is 5. The third kappa shape index (κ3) is 3.45. The van der Waals surface area contributed by atoms with Crippen LogP contribution in [0, 0.1) is 11.8 Å². The Morgan fingerprint density at radius 2 is 2.26 bits per heavy atom. The van der Waals surface area contributed by atoms with Crippen molar-refractivity contribution in [2.45, 2.75) is 50.9 Å². The molecule has 5 heteroatoms. The van der Waals surface area contributed by atoms with Gasteiger partial charge in [0.1, 0.15) is 0 Å². The van der Waals surface area contributed by atoms with Crippen molar-refractivity contribution in [2.24, 2.45) is 17.7 Å². The van der Waals surface area contributed by atoms with Gasteiger partial charge in [-0.1, -0.05) is 13.8 Å². The van der Waals surface area contributed by atoms with Crippen LogP contribution in [-0.4, -0.2) is 43.0 Å². The molecule has 0 amide bonds. The highest BCUT2D eigenvalue weighted by Gasteiger charge is 2.44. The normalized spacial score (nSPS) is 34.9. The lowest BCUT2D eigenvalue weighted by molar-refractivity contribution is -0.0986. The molecule has 112 valence electrons. The fourth-order valence-electron chi connectivity index (χ4n) is 3.57. The summed E-state index contributed by atoms with van der Waals surface area (Å²) in [6, 6.07) is 0.219. The number of nitrogens with two attached hydrogens (primary N) is 1. The van der Waals surface area contributed by atoms with Crippen molar-refractivity contribution in [1.29, 1.82) is 0 Å². The monoisotopic (exact) mass is 288 g/mol. The zero-order chi connectivity index (χ0) is 13.9. The van der Waals surface area contributed by atoms with E-state index in [-0.39, 0.29) is 17.7 Å². The topological polar surface area (TPSA) is 56.5 Å². The summed E-state index contributed by atoms with van der Waals surface area (Å²) >= 11 is 2.01. The van der Waals surface area contributed by atoms with Gasteiger partial charge in [-0.05, 0) is 36.9 Å². The van der Waals surface area contributed by atoms with Crippen LogP contribution in [0.1, 0.15) is 33.1 Å². The van der Waals surface area contributed by atoms with E-state index in [1.807, 2.05) is 11.8 Å². The Kier molecular flexibility index (Phi) is 5.55. The van der Waals surface area contributed by atoms with Gasteiger partial charge in [0.25, 0.3) is 0 Å². The van der Waals surface area contributed by atoms with Gasteiger partial charge in [0.05, 0.1) is 17.7 Å². The van der Waals surface area contributed by atoms with Gasteiger partial charge in [-0.25, -0.2) is 0 Å². The summed E-state index contributed by atoms with van der Waals surface area (Å²) < 4.78 is 11.8.